The van der Waals surface area contributed by atoms with Crippen LogP contribution in [0.4, 0.5) is 0 Å². The quantitative estimate of drug-likeness (QED) is 0.850. The molecule has 0 atom stereocenters. The standard InChI is InChI=1S/C20H27NO/c1-13-3-4-18(14(2)5-13)19(22)12-21-20-9-15-6-16(10-20)8-17(7-15)11-20/h3-5,15-17,21H,6-12H2,1-2H3. The molecule has 1 aromatic rings. The zero-order chi connectivity index (χ0) is 15.3. The summed E-state index contributed by atoms with van der Waals surface area (Å²) in [6.07, 6.45) is 8.27. The lowest BCUT2D eigenvalue weighted by molar-refractivity contribution is -0.0186. The summed E-state index contributed by atoms with van der Waals surface area (Å²) in [6.45, 7) is 4.63. The van der Waals surface area contributed by atoms with Crippen LogP contribution in [0.2, 0.25) is 0 Å². The number of ketones is 1. The minimum absolute atomic E-state index is 0.258. The molecular weight excluding hydrogens is 270 g/mol. The molecule has 0 heterocycles. The molecule has 0 aromatic heterocycles. The van der Waals surface area contributed by atoms with Gasteiger partial charge < -0.3 is 5.32 Å². The molecule has 22 heavy (non-hydrogen) atoms. The summed E-state index contributed by atoms with van der Waals surface area (Å²) in [5.74, 6) is 3.04. The van der Waals surface area contributed by atoms with Gasteiger partial charge in [0, 0.05) is 11.1 Å². The zero-order valence-corrected chi connectivity index (χ0v) is 13.8. The minimum Gasteiger partial charge on any atom is -0.304 e. The highest BCUT2D eigenvalue weighted by molar-refractivity contribution is 5.99. The van der Waals surface area contributed by atoms with E-state index < -0.39 is 0 Å². The Labute approximate surface area is 133 Å². The van der Waals surface area contributed by atoms with Crippen LogP contribution in [-0.4, -0.2) is 17.9 Å². The number of carbonyl (C=O) groups excluding carboxylic acids is 1. The van der Waals surface area contributed by atoms with Gasteiger partial charge in [-0.15, -0.1) is 0 Å². The Morgan fingerprint density at radius 2 is 1.68 bits per heavy atom. The second kappa shape index (κ2) is 5.19. The molecule has 0 amide bonds. The summed E-state index contributed by atoms with van der Waals surface area (Å²) in [5.41, 5.74) is 3.51. The van der Waals surface area contributed by atoms with Gasteiger partial charge in [0.25, 0.3) is 0 Å². The third kappa shape index (κ3) is 2.52. The van der Waals surface area contributed by atoms with E-state index in [-0.39, 0.29) is 11.3 Å². The van der Waals surface area contributed by atoms with Gasteiger partial charge in [0.05, 0.1) is 6.54 Å². The first-order chi connectivity index (χ1) is 10.5. The Hall–Kier alpha value is -1.15. The van der Waals surface area contributed by atoms with Crippen molar-refractivity contribution in [2.45, 2.75) is 57.9 Å². The lowest BCUT2D eigenvalue weighted by atomic mass is 9.53. The maximum absolute atomic E-state index is 12.6. The van der Waals surface area contributed by atoms with E-state index in [9.17, 15) is 4.79 Å². The molecule has 5 rings (SSSR count). The van der Waals surface area contributed by atoms with Crippen LogP contribution in [0.1, 0.15) is 60.0 Å². The molecule has 0 saturated heterocycles. The molecule has 4 saturated carbocycles. The van der Waals surface area contributed by atoms with Crippen molar-refractivity contribution in [1.29, 1.82) is 0 Å². The first-order valence-corrected chi connectivity index (χ1v) is 8.88. The van der Waals surface area contributed by atoms with Gasteiger partial charge >= 0.3 is 0 Å². The van der Waals surface area contributed by atoms with Gasteiger partial charge in [-0.05, 0) is 75.7 Å². The van der Waals surface area contributed by atoms with E-state index in [4.69, 9.17) is 0 Å². The van der Waals surface area contributed by atoms with E-state index in [0.717, 1.165) is 28.9 Å². The zero-order valence-electron chi connectivity index (χ0n) is 13.8. The van der Waals surface area contributed by atoms with Crippen molar-refractivity contribution in [3.05, 3.63) is 34.9 Å². The summed E-state index contributed by atoms with van der Waals surface area (Å²) in [6, 6.07) is 6.15. The lowest BCUT2D eigenvalue weighted by Gasteiger charge is -2.57. The number of hydrogen-bond donors (Lipinski definition) is 1. The molecule has 1 N–H and O–H groups in total. The van der Waals surface area contributed by atoms with Crippen LogP contribution in [0.25, 0.3) is 0 Å². The molecule has 0 spiro atoms. The van der Waals surface area contributed by atoms with Crippen molar-refractivity contribution in [3.8, 4) is 0 Å². The largest absolute Gasteiger partial charge is 0.304 e. The number of benzene rings is 1. The molecule has 1 aromatic carbocycles. The van der Waals surface area contributed by atoms with Crippen molar-refractivity contribution in [2.24, 2.45) is 17.8 Å². The molecule has 0 aliphatic heterocycles. The molecule has 2 nitrogen and oxygen atoms in total. The number of aryl methyl sites for hydroxylation is 2. The Morgan fingerprint density at radius 1 is 1.09 bits per heavy atom. The maximum Gasteiger partial charge on any atom is 0.176 e. The second-order valence-electron chi connectivity index (χ2n) is 8.29. The third-order valence-electron chi connectivity index (χ3n) is 6.34. The van der Waals surface area contributed by atoms with E-state index in [1.54, 1.807) is 0 Å². The number of Topliss-reactive ketones (excluding diaryl/α,β-unsaturated/α-hetero) is 1. The van der Waals surface area contributed by atoms with Crippen LogP contribution in [0.15, 0.2) is 18.2 Å². The van der Waals surface area contributed by atoms with Crippen molar-refractivity contribution >= 4 is 5.78 Å². The Bertz CT molecular complexity index is 568. The Balaban J connectivity index is 1.45. The van der Waals surface area contributed by atoms with Crippen molar-refractivity contribution in [1.82, 2.24) is 5.32 Å². The Morgan fingerprint density at radius 3 is 2.23 bits per heavy atom. The number of rotatable bonds is 4. The molecule has 4 bridgehead atoms. The molecule has 118 valence electrons. The lowest BCUT2D eigenvalue weighted by Crippen LogP contribution is -2.59. The number of carbonyl (C=O) groups is 1. The van der Waals surface area contributed by atoms with Crippen LogP contribution < -0.4 is 5.32 Å². The average Bonchev–Trinajstić information content (AvgIpc) is 2.43. The van der Waals surface area contributed by atoms with Crippen molar-refractivity contribution in [3.63, 3.8) is 0 Å². The highest BCUT2D eigenvalue weighted by atomic mass is 16.1. The van der Waals surface area contributed by atoms with Crippen LogP contribution in [0.5, 0.6) is 0 Å². The topological polar surface area (TPSA) is 29.1 Å². The highest BCUT2D eigenvalue weighted by Gasteiger charge is 2.50. The van der Waals surface area contributed by atoms with Gasteiger partial charge in [-0.2, -0.15) is 0 Å². The fraction of sp³-hybridized carbons (Fsp3) is 0.650. The number of hydrogen-bond acceptors (Lipinski definition) is 2. The predicted octanol–water partition coefficient (Wildman–Crippen LogP) is 4.04. The highest BCUT2D eigenvalue weighted by Crippen LogP contribution is 2.55. The monoisotopic (exact) mass is 297 g/mol. The van der Waals surface area contributed by atoms with Crippen molar-refractivity contribution < 1.29 is 4.79 Å². The SMILES string of the molecule is Cc1ccc(C(=O)CNC23CC4CC(CC(C4)C2)C3)c(C)c1. The van der Waals surface area contributed by atoms with Gasteiger partial charge in [-0.1, -0.05) is 23.8 Å². The summed E-state index contributed by atoms with van der Waals surface area (Å²) in [7, 11) is 0. The van der Waals surface area contributed by atoms with Crippen molar-refractivity contribution in [2.75, 3.05) is 6.54 Å². The molecule has 0 unspecified atom stereocenters. The van der Waals surface area contributed by atoms with Crippen LogP contribution in [0, 0.1) is 31.6 Å². The first-order valence-electron chi connectivity index (χ1n) is 8.88. The molecule has 4 aliphatic carbocycles. The molecule has 4 aliphatic rings. The first kappa shape index (κ1) is 14.4. The van der Waals surface area contributed by atoms with Gasteiger partial charge in [0.15, 0.2) is 5.78 Å². The molecule has 4 fully saturated rings. The number of nitrogens with one attached hydrogen (secondary N) is 1. The fourth-order valence-electron chi connectivity index (χ4n) is 5.82. The smallest absolute Gasteiger partial charge is 0.176 e. The van der Waals surface area contributed by atoms with Crippen LogP contribution in [-0.2, 0) is 0 Å². The predicted molar refractivity (Wildman–Crippen MR) is 89.2 cm³/mol. The maximum atomic E-state index is 12.6. The fourth-order valence-corrected chi connectivity index (χ4v) is 5.82. The molecular formula is C20H27NO. The van der Waals surface area contributed by atoms with E-state index in [0.29, 0.717) is 6.54 Å². The summed E-state index contributed by atoms with van der Waals surface area (Å²) < 4.78 is 0. The summed E-state index contributed by atoms with van der Waals surface area (Å²) >= 11 is 0. The summed E-state index contributed by atoms with van der Waals surface area (Å²) in [5, 5.41) is 3.72. The van der Waals surface area contributed by atoms with Gasteiger partial charge in [-0.3, -0.25) is 4.79 Å². The van der Waals surface area contributed by atoms with Crippen LogP contribution >= 0.6 is 0 Å². The molecule has 0 radical (unpaired) electrons. The normalized spacial score (nSPS) is 35.8. The summed E-state index contributed by atoms with van der Waals surface area (Å²) in [4.78, 5) is 12.6. The van der Waals surface area contributed by atoms with Gasteiger partial charge in [-0.25, -0.2) is 0 Å². The van der Waals surface area contributed by atoms with E-state index in [1.807, 2.05) is 19.1 Å². The van der Waals surface area contributed by atoms with E-state index in [1.165, 1.54) is 44.1 Å². The molecule has 2 heteroatoms. The van der Waals surface area contributed by atoms with E-state index in [2.05, 4.69) is 18.3 Å². The minimum atomic E-state index is 0.258. The average molecular weight is 297 g/mol. The Kier molecular flexibility index (Phi) is 3.41. The second-order valence-corrected chi connectivity index (χ2v) is 8.29. The van der Waals surface area contributed by atoms with Gasteiger partial charge in [0.1, 0.15) is 0 Å². The van der Waals surface area contributed by atoms with Crippen LogP contribution in [0.3, 0.4) is 0 Å². The van der Waals surface area contributed by atoms with Gasteiger partial charge in [0.2, 0.25) is 0 Å². The third-order valence-corrected chi connectivity index (χ3v) is 6.34. The van der Waals surface area contributed by atoms with E-state index >= 15 is 0 Å².